The zero-order valence-corrected chi connectivity index (χ0v) is 13.6. The third-order valence-corrected chi connectivity index (χ3v) is 5.31. The van der Waals surface area contributed by atoms with E-state index in [1.54, 1.807) is 6.92 Å². The van der Waals surface area contributed by atoms with Gasteiger partial charge < -0.3 is 5.32 Å². The Hall–Kier alpha value is -1.11. The topological polar surface area (TPSA) is 61.4 Å². The minimum atomic E-state index is -3.46. The Kier molecular flexibility index (Phi) is 5.61. The van der Waals surface area contributed by atoms with E-state index in [0.717, 1.165) is 37.1 Å². The van der Waals surface area contributed by atoms with E-state index in [0.29, 0.717) is 13.1 Å². The van der Waals surface area contributed by atoms with E-state index < -0.39 is 10.2 Å². The maximum Gasteiger partial charge on any atom is 0.301 e. The Morgan fingerprint density at radius 2 is 2.05 bits per heavy atom. The first-order chi connectivity index (χ1) is 10.1. The van der Waals surface area contributed by atoms with Gasteiger partial charge >= 0.3 is 10.2 Å². The van der Waals surface area contributed by atoms with E-state index in [9.17, 15) is 8.42 Å². The smallest absolute Gasteiger partial charge is 0.301 e. The van der Waals surface area contributed by atoms with Gasteiger partial charge in [-0.3, -0.25) is 4.31 Å². The molecule has 0 saturated carbocycles. The molecule has 1 aromatic carbocycles. The highest BCUT2D eigenvalue weighted by Crippen LogP contribution is 2.33. The minimum absolute atomic E-state index is 0.225. The molecule has 118 valence electrons. The van der Waals surface area contributed by atoms with Crippen LogP contribution in [0.3, 0.4) is 0 Å². The molecule has 2 rings (SSSR count). The Bertz CT molecular complexity index is 560. The fraction of sp³-hybridized carbons (Fsp3) is 0.600. The summed E-state index contributed by atoms with van der Waals surface area (Å²) in [5, 5.41) is 3.53. The number of hydrogen-bond acceptors (Lipinski definition) is 3. The van der Waals surface area contributed by atoms with Gasteiger partial charge in [0, 0.05) is 19.1 Å². The summed E-state index contributed by atoms with van der Waals surface area (Å²) in [4.78, 5) is 0. The lowest BCUT2D eigenvalue weighted by atomic mass is 10.0. The molecule has 5 nitrogen and oxygen atoms in total. The van der Waals surface area contributed by atoms with Crippen LogP contribution in [0.1, 0.15) is 44.7 Å². The van der Waals surface area contributed by atoms with E-state index >= 15 is 0 Å². The van der Waals surface area contributed by atoms with Crippen molar-refractivity contribution in [3.8, 4) is 0 Å². The Morgan fingerprint density at radius 1 is 1.29 bits per heavy atom. The summed E-state index contributed by atoms with van der Waals surface area (Å²) < 4.78 is 28.9. The second kappa shape index (κ2) is 7.24. The quantitative estimate of drug-likeness (QED) is 0.846. The van der Waals surface area contributed by atoms with Crippen LogP contribution < -0.4 is 14.3 Å². The molecule has 21 heavy (non-hydrogen) atoms. The summed E-state index contributed by atoms with van der Waals surface area (Å²) >= 11 is 0. The van der Waals surface area contributed by atoms with Gasteiger partial charge in [-0.2, -0.15) is 13.1 Å². The highest BCUT2D eigenvalue weighted by molar-refractivity contribution is 7.90. The molecule has 1 atom stereocenters. The molecule has 1 unspecified atom stereocenters. The van der Waals surface area contributed by atoms with Gasteiger partial charge in [0.1, 0.15) is 0 Å². The van der Waals surface area contributed by atoms with Crippen molar-refractivity contribution in [3.63, 3.8) is 0 Å². The monoisotopic (exact) mass is 311 g/mol. The molecule has 0 fully saturated rings. The first kappa shape index (κ1) is 16.3. The van der Waals surface area contributed by atoms with E-state index in [2.05, 4.69) is 17.0 Å². The zero-order chi connectivity index (χ0) is 15.3. The third-order valence-electron chi connectivity index (χ3n) is 3.69. The first-order valence-corrected chi connectivity index (χ1v) is 9.13. The number of rotatable bonds is 6. The van der Waals surface area contributed by atoms with Crippen molar-refractivity contribution in [3.05, 3.63) is 29.8 Å². The molecule has 1 heterocycles. The maximum absolute atomic E-state index is 12.4. The molecule has 1 aromatic rings. The largest absolute Gasteiger partial charge is 0.310 e. The van der Waals surface area contributed by atoms with E-state index in [-0.39, 0.29) is 6.04 Å². The van der Waals surface area contributed by atoms with Gasteiger partial charge in [0.15, 0.2) is 0 Å². The fourth-order valence-electron chi connectivity index (χ4n) is 2.76. The van der Waals surface area contributed by atoms with Crippen LogP contribution in [0.25, 0.3) is 0 Å². The number of para-hydroxylation sites is 1. The van der Waals surface area contributed by atoms with E-state index in [1.807, 2.05) is 24.3 Å². The molecular formula is C15H25N3O2S. The van der Waals surface area contributed by atoms with Crippen molar-refractivity contribution in [2.75, 3.05) is 23.9 Å². The summed E-state index contributed by atoms with van der Waals surface area (Å²) in [5.74, 6) is 0. The predicted octanol–water partition coefficient (Wildman–Crippen LogP) is 2.18. The van der Waals surface area contributed by atoms with Crippen molar-refractivity contribution >= 4 is 15.9 Å². The molecule has 0 spiro atoms. The molecule has 0 saturated heterocycles. The average molecular weight is 311 g/mol. The van der Waals surface area contributed by atoms with E-state index in [4.69, 9.17) is 0 Å². The summed E-state index contributed by atoms with van der Waals surface area (Å²) in [6.45, 7) is 5.80. The second-order valence-electron chi connectivity index (χ2n) is 5.28. The normalized spacial score (nSPS) is 19.1. The van der Waals surface area contributed by atoms with Crippen LogP contribution in [-0.2, 0) is 10.2 Å². The summed E-state index contributed by atoms with van der Waals surface area (Å²) in [6, 6.07) is 8.03. The first-order valence-electron chi connectivity index (χ1n) is 7.69. The molecule has 0 bridgehead atoms. The molecule has 0 aliphatic carbocycles. The van der Waals surface area contributed by atoms with Crippen molar-refractivity contribution in [2.24, 2.45) is 0 Å². The van der Waals surface area contributed by atoms with Gasteiger partial charge in [0.25, 0.3) is 0 Å². The van der Waals surface area contributed by atoms with E-state index in [1.165, 1.54) is 4.31 Å². The van der Waals surface area contributed by atoms with Gasteiger partial charge in [-0.25, -0.2) is 0 Å². The minimum Gasteiger partial charge on any atom is -0.310 e. The van der Waals surface area contributed by atoms with Crippen LogP contribution in [0.5, 0.6) is 0 Å². The SMILES string of the molecule is CCCNC1CCCN(S(=O)(=O)NCC)c2ccccc21. The van der Waals surface area contributed by atoms with Gasteiger partial charge in [-0.15, -0.1) is 0 Å². The van der Waals surface area contributed by atoms with Crippen LogP contribution in [-0.4, -0.2) is 28.1 Å². The van der Waals surface area contributed by atoms with Crippen molar-refractivity contribution in [1.82, 2.24) is 10.0 Å². The predicted molar refractivity (Wildman–Crippen MR) is 86.7 cm³/mol. The molecule has 0 amide bonds. The molecular weight excluding hydrogens is 286 g/mol. The Balaban J connectivity index is 2.37. The van der Waals surface area contributed by atoms with Crippen molar-refractivity contribution < 1.29 is 8.42 Å². The zero-order valence-electron chi connectivity index (χ0n) is 12.8. The Morgan fingerprint density at radius 3 is 2.76 bits per heavy atom. The lowest BCUT2D eigenvalue weighted by Crippen LogP contribution is -2.41. The molecule has 1 aliphatic rings. The fourth-order valence-corrected chi connectivity index (χ4v) is 4.08. The van der Waals surface area contributed by atoms with Gasteiger partial charge in [0.05, 0.1) is 5.69 Å². The summed E-state index contributed by atoms with van der Waals surface area (Å²) in [6.07, 6.45) is 2.87. The lowest BCUT2D eigenvalue weighted by Gasteiger charge is -2.25. The molecule has 1 aliphatic heterocycles. The third kappa shape index (κ3) is 3.75. The number of nitrogens with zero attached hydrogens (tertiary/aromatic N) is 1. The number of fused-ring (bicyclic) bond motifs is 1. The van der Waals surface area contributed by atoms with Gasteiger partial charge in [-0.1, -0.05) is 32.0 Å². The van der Waals surface area contributed by atoms with Crippen LogP contribution >= 0.6 is 0 Å². The van der Waals surface area contributed by atoms with Crippen LogP contribution in [0.2, 0.25) is 0 Å². The lowest BCUT2D eigenvalue weighted by molar-refractivity contribution is 0.496. The highest BCUT2D eigenvalue weighted by Gasteiger charge is 2.28. The molecule has 0 radical (unpaired) electrons. The second-order valence-corrected chi connectivity index (χ2v) is 6.96. The highest BCUT2D eigenvalue weighted by atomic mass is 32.2. The number of hydrogen-bond donors (Lipinski definition) is 2. The van der Waals surface area contributed by atoms with Crippen molar-refractivity contribution in [1.29, 1.82) is 0 Å². The van der Waals surface area contributed by atoms with Crippen molar-refractivity contribution in [2.45, 2.75) is 39.2 Å². The molecule has 6 heteroatoms. The molecule has 2 N–H and O–H groups in total. The van der Waals surface area contributed by atoms with Crippen LogP contribution in [0, 0.1) is 0 Å². The summed E-state index contributed by atoms with van der Waals surface area (Å²) in [7, 11) is -3.46. The van der Waals surface area contributed by atoms with Crippen LogP contribution in [0.15, 0.2) is 24.3 Å². The number of benzene rings is 1. The van der Waals surface area contributed by atoms with Crippen LogP contribution in [0.4, 0.5) is 5.69 Å². The van der Waals surface area contributed by atoms with Gasteiger partial charge in [0.2, 0.25) is 0 Å². The average Bonchev–Trinajstić information content (AvgIpc) is 2.65. The number of nitrogens with one attached hydrogen (secondary N) is 2. The number of anilines is 1. The summed E-state index contributed by atoms with van der Waals surface area (Å²) in [5.41, 5.74) is 1.87. The standard InChI is InChI=1S/C15H25N3O2S/c1-3-11-16-14-9-7-12-18(21(19,20)17-4-2)15-10-6-5-8-13(14)15/h5-6,8,10,14,16-17H,3-4,7,9,11-12H2,1-2H3. The Labute approximate surface area is 127 Å². The molecule has 0 aromatic heterocycles. The maximum atomic E-state index is 12.4. The van der Waals surface area contributed by atoms with Gasteiger partial charge in [-0.05, 0) is 37.4 Å².